The van der Waals surface area contributed by atoms with Crippen molar-refractivity contribution in [2.24, 2.45) is 0 Å². The first-order valence-electron chi connectivity index (χ1n) is 17.6. The summed E-state index contributed by atoms with van der Waals surface area (Å²) < 4.78 is 32.2. The van der Waals surface area contributed by atoms with Crippen molar-refractivity contribution in [1.29, 1.82) is 0 Å². The minimum absolute atomic E-state index is 0.0135. The summed E-state index contributed by atoms with van der Waals surface area (Å²) in [6.07, 6.45) is 11.6. The van der Waals surface area contributed by atoms with Gasteiger partial charge in [-0.2, -0.15) is 0 Å². The first kappa shape index (κ1) is 40.2. The minimum Gasteiger partial charge on any atom is -0.494 e. The Hall–Kier alpha value is -4.01. The van der Waals surface area contributed by atoms with Crippen LogP contribution in [0.25, 0.3) is 5.76 Å². The van der Waals surface area contributed by atoms with Crippen LogP contribution in [0, 0.1) is 6.92 Å². The topological polar surface area (TPSA) is 107 Å². The van der Waals surface area contributed by atoms with Gasteiger partial charge in [0, 0.05) is 5.56 Å². The fourth-order valence-corrected chi connectivity index (χ4v) is 4.63. The summed E-state index contributed by atoms with van der Waals surface area (Å²) in [4.78, 5) is 35.4. The average Bonchev–Trinajstić information content (AvgIpc) is 3.09. The molecule has 0 bridgehead atoms. The molecule has 0 spiro atoms. The van der Waals surface area contributed by atoms with Gasteiger partial charge in [0.2, 0.25) is 0 Å². The van der Waals surface area contributed by atoms with E-state index in [1.807, 2.05) is 55.5 Å². The maximum absolute atomic E-state index is 11.9. The number of carbonyl (C=O) groups is 3. The molecule has 9 heteroatoms. The van der Waals surface area contributed by atoms with Crippen LogP contribution in [-0.4, -0.2) is 51.1 Å². The molecule has 0 amide bonds. The number of ether oxygens (including phenoxy) is 6. The van der Waals surface area contributed by atoms with E-state index in [2.05, 4.69) is 13.5 Å². The summed E-state index contributed by atoms with van der Waals surface area (Å²) >= 11 is 0. The van der Waals surface area contributed by atoms with Gasteiger partial charge >= 0.3 is 18.1 Å². The molecule has 2 aromatic rings. The average molecular weight is 669 g/mol. The monoisotopic (exact) mass is 668 g/mol. The van der Waals surface area contributed by atoms with Crippen LogP contribution in [0.5, 0.6) is 11.5 Å². The summed E-state index contributed by atoms with van der Waals surface area (Å²) in [5.41, 5.74) is 2.07. The summed E-state index contributed by atoms with van der Waals surface area (Å²) in [5.74, 6) is 1.34. The minimum atomic E-state index is -0.605. The van der Waals surface area contributed by atoms with Crippen LogP contribution in [0.2, 0.25) is 0 Å². The van der Waals surface area contributed by atoms with Crippen molar-refractivity contribution in [3.63, 3.8) is 0 Å². The number of esters is 2. The molecule has 0 aliphatic heterocycles. The third-order valence-electron chi connectivity index (χ3n) is 7.53. The Morgan fingerprint density at radius 1 is 0.542 bits per heavy atom. The molecular weight excluding hydrogens is 612 g/mol. The van der Waals surface area contributed by atoms with E-state index in [0.717, 1.165) is 81.3 Å². The van der Waals surface area contributed by atoms with Gasteiger partial charge in [-0.05, 0) is 101 Å². The highest BCUT2D eigenvalue weighted by Crippen LogP contribution is 2.22. The molecular formula is C39H56O9. The summed E-state index contributed by atoms with van der Waals surface area (Å²) in [6.45, 7) is 10.2. The SMILES string of the molecule is C=C(Oc1ccc(C)cc1)c1ccc(OCCCCCCOC(=O)CCC(=O)OCCCCCCOC(=O)OCCCCCCC)cc1. The molecule has 2 rings (SSSR count). The lowest BCUT2D eigenvalue weighted by Crippen LogP contribution is -2.11. The third-order valence-corrected chi connectivity index (χ3v) is 7.53. The van der Waals surface area contributed by atoms with Crippen molar-refractivity contribution in [2.75, 3.05) is 33.0 Å². The van der Waals surface area contributed by atoms with Crippen LogP contribution in [0.15, 0.2) is 55.1 Å². The van der Waals surface area contributed by atoms with Gasteiger partial charge in [0.15, 0.2) is 0 Å². The smallest absolute Gasteiger partial charge is 0.494 e. The molecule has 2 aromatic carbocycles. The fraction of sp³-hybridized carbons (Fsp3) is 0.564. The van der Waals surface area contributed by atoms with Crippen molar-refractivity contribution in [3.8, 4) is 11.5 Å². The predicted octanol–water partition coefficient (Wildman–Crippen LogP) is 9.53. The van der Waals surface area contributed by atoms with Crippen LogP contribution in [-0.2, 0) is 28.5 Å². The Morgan fingerprint density at radius 3 is 1.48 bits per heavy atom. The number of rotatable bonds is 27. The Balaban J connectivity index is 1.36. The van der Waals surface area contributed by atoms with Gasteiger partial charge in [0.1, 0.15) is 17.3 Å². The number of carbonyl (C=O) groups excluding carboxylic acids is 3. The van der Waals surface area contributed by atoms with E-state index >= 15 is 0 Å². The van der Waals surface area contributed by atoms with Crippen molar-refractivity contribution in [3.05, 3.63) is 66.2 Å². The first-order valence-corrected chi connectivity index (χ1v) is 17.6. The molecule has 0 saturated heterocycles. The van der Waals surface area contributed by atoms with Gasteiger partial charge < -0.3 is 28.4 Å². The van der Waals surface area contributed by atoms with Crippen LogP contribution < -0.4 is 9.47 Å². The molecule has 0 saturated carbocycles. The summed E-state index contributed by atoms with van der Waals surface area (Å²) in [5, 5.41) is 0. The second-order valence-electron chi connectivity index (χ2n) is 11.8. The highest BCUT2D eigenvalue weighted by Gasteiger charge is 2.09. The Bertz CT molecular complexity index is 1170. The van der Waals surface area contributed by atoms with Gasteiger partial charge in [-0.3, -0.25) is 9.59 Å². The quantitative estimate of drug-likeness (QED) is 0.0398. The second-order valence-corrected chi connectivity index (χ2v) is 11.8. The Kier molecular flexibility index (Phi) is 21.8. The molecule has 0 aliphatic carbocycles. The van der Waals surface area contributed by atoms with Crippen molar-refractivity contribution >= 4 is 23.9 Å². The lowest BCUT2D eigenvalue weighted by atomic mass is 10.2. The van der Waals surface area contributed by atoms with Crippen molar-refractivity contribution in [2.45, 2.75) is 110 Å². The highest BCUT2D eigenvalue weighted by molar-refractivity contribution is 5.77. The molecule has 0 radical (unpaired) electrons. The van der Waals surface area contributed by atoms with Crippen LogP contribution in [0.4, 0.5) is 4.79 Å². The van der Waals surface area contributed by atoms with Gasteiger partial charge in [-0.15, -0.1) is 0 Å². The van der Waals surface area contributed by atoms with E-state index in [9.17, 15) is 14.4 Å². The standard InChI is InChI=1S/C39H56O9/c1-4-5-6-7-15-30-46-39(42)47-31-16-11-10-14-29-45-38(41)26-25-37(40)44-28-13-9-8-12-27-43-35-23-19-34(20-24-35)33(3)48-36-21-17-32(2)18-22-36/h17-24H,3-16,25-31H2,1-2H3. The molecule has 48 heavy (non-hydrogen) atoms. The van der Waals surface area contributed by atoms with Gasteiger partial charge in [-0.1, -0.05) is 56.9 Å². The van der Waals surface area contributed by atoms with E-state index < -0.39 is 12.1 Å². The molecule has 0 N–H and O–H groups in total. The number of unbranched alkanes of at least 4 members (excludes halogenated alkanes) is 10. The fourth-order valence-electron chi connectivity index (χ4n) is 4.63. The van der Waals surface area contributed by atoms with E-state index in [0.29, 0.717) is 38.8 Å². The van der Waals surface area contributed by atoms with Crippen molar-refractivity contribution < 1.29 is 42.8 Å². The molecule has 0 aromatic heterocycles. The first-order chi connectivity index (χ1) is 23.4. The Morgan fingerprint density at radius 2 is 0.979 bits per heavy atom. The zero-order valence-corrected chi connectivity index (χ0v) is 29.1. The largest absolute Gasteiger partial charge is 0.508 e. The lowest BCUT2D eigenvalue weighted by Gasteiger charge is -2.11. The number of aryl methyl sites for hydroxylation is 1. The van der Waals surface area contributed by atoms with E-state index in [4.69, 9.17) is 28.4 Å². The second kappa shape index (κ2) is 26.0. The van der Waals surface area contributed by atoms with E-state index in [-0.39, 0.29) is 18.8 Å². The summed E-state index contributed by atoms with van der Waals surface area (Å²) in [7, 11) is 0. The molecule has 9 nitrogen and oxygen atoms in total. The molecule has 266 valence electrons. The van der Waals surface area contributed by atoms with E-state index in [1.54, 1.807) is 0 Å². The highest BCUT2D eigenvalue weighted by atomic mass is 16.7. The summed E-state index contributed by atoms with van der Waals surface area (Å²) in [6, 6.07) is 15.5. The molecule has 0 heterocycles. The van der Waals surface area contributed by atoms with Crippen LogP contribution in [0.3, 0.4) is 0 Å². The lowest BCUT2D eigenvalue weighted by molar-refractivity contribution is -0.150. The van der Waals surface area contributed by atoms with Gasteiger partial charge in [0.05, 0.1) is 45.9 Å². The zero-order chi connectivity index (χ0) is 34.7. The molecule has 0 aliphatic rings. The van der Waals surface area contributed by atoms with Gasteiger partial charge in [0.25, 0.3) is 0 Å². The number of hydrogen-bond acceptors (Lipinski definition) is 9. The third kappa shape index (κ3) is 20.3. The van der Waals surface area contributed by atoms with Crippen molar-refractivity contribution in [1.82, 2.24) is 0 Å². The van der Waals surface area contributed by atoms with E-state index in [1.165, 1.54) is 24.8 Å². The van der Waals surface area contributed by atoms with Crippen LogP contribution in [0.1, 0.15) is 114 Å². The van der Waals surface area contributed by atoms with Gasteiger partial charge in [-0.25, -0.2) is 4.79 Å². The maximum atomic E-state index is 11.9. The molecule has 0 fully saturated rings. The predicted molar refractivity (Wildman–Crippen MR) is 187 cm³/mol. The van der Waals surface area contributed by atoms with Crippen LogP contribution >= 0.6 is 0 Å². The Labute approximate surface area is 287 Å². The maximum Gasteiger partial charge on any atom is 0.508 e. The molecule has 0 atom stereocenters. The zero-order valence-electron chi connectivity index (χ0n) is 29.1. The number of hydrogen-bond donors (Lipinski definition) is 0. The normalized spacial score (nSPS) is 10.6. The number of benzene rings is 2. The molecule has 0 unspecified atom stereocenters.